The highest BCUT2D eigenvalue weighted by Gasteiger charge is 2.27. The van der Waals surface area contributed by atoms with Crippen LogP contribution in [0.4, 0.5) is 0 Å². The van der Waals surface area contributed by atoms with E-state index in [0.717, 1.165) is 12.1 Å². The lowest BCUT2D eigenvalue weighted by Gasteiger charge is -2.35. The zero-order valence-corrected chi connectivity index (χ0v) is 16.3. The van der Waals surface area contributed by atoms with E-state index in [0.29, 0.717) is 33.2 Å². The summed E-state index contributed by atoms with van der Waals surface area (Å²) in [4.78, 5) is 12.2. The highest BCUT2D eigenvalue weighted by Crippen LogP contribution is 2.29. The van der Waals surface area contributed by atoms with Crippen LogP contribution < -0.4 is 16.2 Å². The number of halogens is 1. The molecule has 0 spiro atoms. The third-order valence-corrected chi connectivity index (χ3v) is 5.96. The van der Waals surface area contributed by atoms with Crippen molar-refractivity contribution >= 4 is 39.2 Å². The van der Waals surface area contributed by atoms with Gasteiger partial charge in [0.25, 0.3) is 5.91 Å². The molecule has 0 aromatic carbocycles. The van der Waals surface area contributed by atoms with Gasteiger partial charge in [0.05, 0.1) is 10.2 Å². The molecule has 128 valence electrons. The average molecular weight is 402 g/mol. The van der Waals surface area contributed by atoms with Crippen LogP contribution in [0.25, 0.3) is 0 Å². The standard InChI is InChI=1S/C15H24BrN5OS/c1-8-6-5-7-11(9(8)2)17-15(23)19-18-14(22)13-12(16)10(3)21(4)20-13/h8-9,11H,5-7H2,1-4H3,(H,18,22)(H2,17,19,23)/t8-,9+,11+/m0/s1. The van der Waals surface area contributed by atoms with Crippen molar-refractivity contribution in [3.05, 3.63) is 15.9 Å². The van der Waals surface area contributed by atoms with Gasteiger partial charge >= 0.3 is 0 Å². The minimum atomic E-state index is -0.324. The Morgan fingerprint density at radius 3 is 2.65 bits per heavy atom. The average Bonchev–Trinajstić information content (AvgIpc) is 2.77. The Hall–Kier alpha value is -1.15. The summed E-state index contributed by atoms with van der Waals surface area (Å²) in [7, 11) is 1.79. The van der Waals surface area contributed by atoms with Gasteiger partial charge in [-0.3, -0.25) is 20.3 Å². The molecule has 1 aromatic heterocycles. The van der Waals surface area contributed by atoms with Gasteiger partial charge in [-0.25, -0.2) is 0 Å². The second kappa shape index (κ2) is 7.61. The van der Waals surface area contributed by atoms with E-state index < -0.39 is 0 Å². The molecule has 3 atom stereocenters. The van der Waals surface area contributed by atoms with Gasteiger partial charge in [-0.2, -0.15) is 5.10 Å². The Labute approximate surface area is 150 Å². The Bertz CT molecular complexity index is 603. The minimum absolute atomic E-state index is 0.324. The quantitative estimate of drug-likeness (QED) is 0.524. The van der Waals surface area contributed by atoms with Crippen LogP contribution in [0, 0.1) is 18.8 Å². The Kier molecular flexibility index (Phi) is 6.02. The number of amides is 1. The van der Waals surface area contributed by atoms with Crippen molar-refractivity contribution in [1.29, 1.82) is 0 Å². The van der Waals surface area contributed by atoms with Crippen LogP contribution in [0.3, 0.4) is 0 Å². The highest BCUT2D eigenvalue weighted by atomic mass is 79.9. The number of thiocarbonyl (C=S) groups is 1. The molecule has 6 nitrogen and oxygen atoms in total. The molecular weight excluding hydrogens is 378 g/mol. The van der Waals surface area contributed by atoms with Crippen molar-refractivity contribution < 1.29 is 4.79 Å². The van der Waals surface area contributed by atoms with E-state index in [1.54, 1.807) is 11.7 Å². The molecule has 0 aliphatic heterocycles. The van der Waals surface area contributed by atoms with Crippen molar-refractivity contribution in [2.24, 2.45) is 18.9 Å². The van der Waals surface area contributed by atoms with E-state index in [1.165, 1.54) is 12.8 Å². The first-order valence-electron chi connectivity index (χ1n) is 7.87. The van der Waals surface area contributed by atoms with Crippen LogP contribution in [0.1, 0.15) is 49.3 Å². The van der Waals surface area contributed by atoms with Gasteiger partial charge in [0.1, 0.15) is 0 Å². The van der Waals surface area contributed by atoms with Gasteiger partial charge in [-0.1, -0.05) is 26.7 Å². The number of rotatable bonds is 2. The first kappa shape index (κ1) is 18.2. The molecule has 1 aliphatic carbocycles. The van der Waals surface area contributed by atoms with Crippen LogP contribution in [0.15, 0.2) is 4.47 Å². The SMILES string of the molecule is Cc1c(Br)c(C(=O)NNC(=S)N[C@@H]2CCC[C@H](C)[C@H]2C)nn1C. The zero-order valence-electron chi connectivity index (χ0n) is 13.9. The van der Waals surface area contributed by atoms with Crippen LogP contribution >= 0.6 is 28.1 Å². The van der Waals surface area contributed by atoms with Crippen molar-refractivity contribution in [3.63, 3.8) is 0 Å². The smallest absolute Gasteiger partial charge is 0.291 e. The van der Waals surface area contributed by atoms with Crippen molar-refractivity contribution in [2.45, 2.75) is 46.1 Å². The van der Waals surface area contributed by atoms with Gasteiger partial charge in [0.15, 0.2) is 10.8 Å². The van der Waals surface area contributed by atoms with Gasteiger partial charge in [0.2, 0.25) is 0 Å². The van der Waals surface area contributed by atoms with E-state index in [1.807, 2.05) is 6.92 Å². The Balaban J connectivity index is 1.86. The monoisotopic (exact) mass is 401 g/mol. The van der Waals surface area contributed by atoms with E-state index >= 15 is 0 Å². The summed E-state index contributed by atoms with van der Waals surface area (Å²) in [5, 5.41) is 7.92. The lowest BCUT2D eigenvalue weighted by molar-refractivity contribution is 0.0936. The second-order valence-corrected chi connectivity index (χ2v) is 7.50. The summed E-state index contributed by atoms with van der Waals surface area (Å²) in [5.41, 5.74) is 6.59. The molecule has 1 aliphatic rings. The number of hydrogen-bond acceptors (Lipinski definition) is 3. The number of nitrogens with one attached hydrogen (secondary N) is 3. The second-order valence-electron chi connectivity index (χ2n) is 6.30. The highest BCUT2D eigenvalue weighted by molar-refractivity contribution is 9.10. The predicted octanol–water partition coefficient (Wildman–Crippen LogP) is 2.42. The van der Waals surface area contributed by atoms with E-state index in [4.69, 9.17) is 12.2 Å². The molecular formula is C15H24BrN5OS. The number of carbonyl (C=O) groups is 1. The topological polar surface area (TPSA) is 71.0 Å². The third kappa shape index (κ3) is 4.23. The summed E-state index contributed by atoms with van der Waals surface area (Å²) in [6.45, 7) is 6.41. The fourth-order valence-corrected chi connectivity index (χ4v) is 3.61. The zero-order chi connectivity index (χ0) is 17.1. The van der Waals surface area contributed by atoms with E-state index in [9.17, 15) is 4.79 Å². The number of carbonyl (C=O) groups excluding carboxylic acids is 1. The third-order valence-electron chi connectivity index (χ3n) is 4.79. The van der Waals surface area contributed by atoms with Crippen molar-refractivity contribution in [3.8, 4) is 0 Å². The van der Waals surface area contributed by atoms with Gasteiger partial charge in [0, 0.05) is 13.1 Å². The van der Waals surface area contributed by atoms with Crippen molar-refractivity contribution in [2.75, 3.05) is 0 Å². The lowest BCUT2D eigenvalue weighted by atomic mass is 9.78. The molecule has 0 bridgehead atoms. The molecule has 0 radical (unpaired) electrons. The Morgan fingerprint density at radius 1 is 1.35 bits per heavy atom. The van der Waals surface area contributed by atoms with E-state index in [2.05, 4.69) is 51.0 Å². The molecule has 23 heavy (non-hydrogen) atoms. The molecule has 0 saturated heterocycles. The predicted molar refractivity (Wildman–Crippen MR) is 97.9 cm³/mol. The number of aromatic nitrogens is 2. The molecule has 1 saturated carbocycles. The largest absolute Gasteiger partial charge is 0.358 e. The van der Waals surface area contributed by atoms with Gasteiger partial charge < -0.3 is 5.32 Å². The van der Waals surface area contributed by atoms with Gasteiger partial charge in [-0.05, 0) is 53.3 Å². The molecule has 1 aromatic rings. The number of hydrogen-bond donors (Lipinski definition) is 3. The fourth-order valence-electron chi connectivity index (χ4n) is 2.89. The van der Waals surface area contributed by atoms with Crippen LogP contribution in [0.2, 0.25) is 0 Å². The Morgan fingerprint density at radius 2 is 2.04 bits per heavy atom. The summed E-state index contributed by atoms with van der Waals surface area (Å²) in [6, 6.07) is 0.347. The van der Waals surface area contributed by atoms with Crippen molar-refractivity contribution in [1.82, 2.24) is 25.9 Å². The molecule has 1 fully saturated rings. The maximum Gasteiger partial charge on any atom is 0.291 e. The normalized spacial score (nSPS) is 24.1. The molecule has 3 N–H and O–H groups in total. The first-order valence-corrected chi connectivity index (χ1v) is 9.07. The maximum absolute atomic E-state index is 12.2. The van der Waals surface area contributed by atoms with Crippen LogP contribution in [-0.4, -0.2) is 26.8 Å². The molecule has 2 rings (SSSR count). The molecule has 8 heteroatoms. The van der Waals surface area contributed by atoms with Crippen LogP contribution in [0.5, 0.6) is 0 Å². The van der Waals surface area contributed by atoms with Crippen LogP contribution in [-0.2, 0) is 7.05 Å². The summed E-state index contributed by atoms with van der Waals surface area (Å²) in [5.74, 6) is 0.924. The number of hydrazine groups is 1. The first-order chi connectivity index (χ1) is 10.8. The molecule has 0 unspecified atom stereocenters. The molecule has 1 heterocycles. The summed E-state index contributed by atoms with van der Waals surface area (Å²) in [6.07, 6.45) is 3.58. The summed E-state index contributed by atoms with van der Waals surface area (Å²) < 4.78 is 2.34. The lowest BCUT2D eigenvalue weighted by Crippen LogP contribution is -2.52. The summed E-state index contributed by atoms with van der Waals surface area (Å²) >= 11 is 8.67. The van der Waals surface area contributed by atoms with Gasteiger partial charge in [-0.15, -0.1) is 0 Å². The van der Waals surface area contributed by atoms with E-state index in [-0.39, 0.29) is 5.91 Å². The number of aryl methyl sites for hydroxylation is 1. The maximum atomic E-state index is 12.2. The molecule has 1 amide bonds. The number of nitrogens with zero attached hydrogens (tertiary/aromatic N) is 2. The fraction of sp³-hybridized carbons (Fsp3) is 0.667. The minimum Gasteiger partial charge on any atom is -0.358 e.